The van der Waals surface area contributed by atoms with E-state index in [0.29, 0.717) is 0 Å². The van der Waals surface area contributed by atoms with Gasteiger partial charge in [-0.15, -0.1) is 0 Å². The summed E-state index contributed by atoms with van der Waals surface area (Å²) >= 11 is 0. The molecule has 0 aromatic rings. The van der Waals surface area contributed by atoms with Crippen LogP contribution < -0.4 is 0 Å². The zero-order chi connectivity index (χ0) is 9.07. The first-order chi connectivity index (χ1) is 4.88. The molecule has 0 bridgehead atoms. The molecule has 0 unspecified atom stereocenters. The Morgan fingerprint density at radius 1 is 1.36 bits per heavy atom. The van der Waals surface area contributed by atoms with Gasteiger partial charge in [-0.1, -0.05) is 12.7 Å². The Balaban J connectivity index is 4.54. The number of alkyl halides is 3. The second-order valence-electron chi connectivity index (χ2n) is 2.25. The van der Waals surface area contributed by atoms with E-state index in [1.54, 1.807) is 0 Å². The molecule has 11 heavy (non-hydrogen) atoms. The highest BCUT2D eigenvalue weighted by Crippen LogP contribution is 2.25. The molecule has 0 aromatic carbocycles. The lowest BCUT2D eigenvalue weighted by Gasteiger charge is -2.11. The minimum atomic E-state index is -4.30. The first kappa shape index (κ1) is 10.1. The van der Waals surface area contributed by atoms with E-state index in [2.05, 4.69) is 6.58 Å². The van der Waals surface area contributed by atoms with Crippen LogP contribution in [0.5, 0.6) is 0 Å². The van der Waals surface area contributed by atoms with Crippen molar-refractivity contribution in [2.45, 2.75) is 6.18 Å². The van der Waals surface area contributed by atoms with Crippen LogP contribution in [0.2, 0.25) is 0 Å². The van der Waals surface area contributed by atoms with Crippen molar-refractivity contribution in [2.75, 3.05) is 14.1 Å². The monoisotopic (exact) mass is 165 g/mol. The molecule has 0 spiro atoms. The molecule has 4 heteroatoms. The van der Waals surface area contributed by atoms with Crippen molar-refractivity contribution in [3.8, 4) is 0 Å². The maximum absolute atomic E-state index is 11.9. The molecular weight excluding hydrogens is 155 g/mol. The van der Waals surface area contributed by atoms with E-state index in [0.717, 1.165) is 12.3 Å². The molecule has 0 aliphatic carbocycles. The molecule has 0 aliphatic heterocycles. The number of nitrogens with zero attached hydrogens (tertiary/aromatic N) is 1. The fourth-order valence-corrected chi connectivity index (χ4v) is 0.520. The summed E-state index contributed by atoms with van der Waals surface area (Å²) in [4.78, 5) is 1.32. The fraction of sp³-hybridized carbons (Fsp3) is 0.429. The summed E-state index contributed by atoms with van der Waals surface area (Å²) in [6.07, 6.45) is -2.53. The van der Waals surface area contributed by atoms with Gasteiger partial charge in [0.05, 0.1) is 5.57 Å². The van der Waals surface area contributed by atoms with Gasteiger partial charge in [-0.25, -0.2) is 0 Å². The van der Waals surface area contributed by atoms with Crippen molar-refractivity contribution in [3.05, 3.63) is 24.4 Å². The Hall–Kier alpha value is -0.930. The van der Waals surface area contributed by atoms with Crippen LogP contribution in [0.3, 0.4) is 0 Å². The quantitative estimate of drug-likeness (QED) is 0.567. The molecule has 0 rings (SSSR count). The van der Waals surface area contributed by atoms with E-state index in [1.807, 2.05) is 0 Å². The van der Waals surface area contributed by atoms with Crippen LogP contribution in [0, 0.1) is 0 Å². The van der Waals surface area contributed by atoms with E-state index in [-0.39, 0.29) is 0 Å². The average Bonchev–Trinajstić information content (AvgIpc) is 1.79. The fourth-order valence-electron chi connectivity index (χ4n) is 0.520. The first-order valence-electron chi connectivity index (χ1n) is 2.96. The molecule has 0 saturated carbocycles. The molecule has 0 saturated heterocycles. The molecular formula is C7H10F3N. The third kappa shape index (κ3) is 3.70. The number of allylic oxidation sites excluding steroid dienone is 2. The SMILES string of the molecule is C=C/C(=C/N(C)C)C(F)(F)F. The van der Waals surface area contributed by atoms with Crippen LogP contribution in [0.4, 0.5) is 13.2 Å². The zero-order valence-electron chi connectivity index (χ0n) is 6.44. The Bertz CT molecular complexity index is 167. The van der Waals surface area contributed by atoms with Gasteiger partial charge >= 0.3 is 6.18 Å². The van der Waals surface area contributed by atoms with Gasteiger partial charge in [0.1, 0.15) is 0 Å². The summed E-state index contributed by atoms with van der Waals surface area (Å²) in [6.45, 7) is 3.07. The number of halogens is 3. The molecule has 0 aromatic heterocycles. The lowest BCUT2D eigenvalue weighted by Crippen LogP contribution is -2.14. The molecule has 0 fully saturated rings. The van der Waals surface area contributed by atoms with Crippen molar-refractivity contribution in [1.82, 2.24) is 4.90 Å². The summed E-state index contributed by atoms with van der Waals surface area (Å²) in [5, 5.41) is 0. The molecule has 0 atom stereocenters. The summed E-state index contributed by atoms with van der Waals surface area (Å²) < 4.78 is 35.7. The first-order valence-corrected chi connectivity index (χ1v) is 2.96. The molecule has 0 aliphatic rings. The molecule has 0 radical (unpaired) electrons. The van der Waals surface area contributed by atoms with Crippen LogP contribution in [0.1, 0.15) is 0 Å². The van der Waals surface area contributed by atoms with Gasteiger partial charge in [0.15, 0.2) is 0 Å². The normalized spacial score (nSPS) is 13.0. The van der Waals surface area contributed by atoms with Crippen molar-refractivity contribution in [2.24, 2.45) is 0 Å². The Labute approximate surface area is 63.8 Å². The van der Waals surface area contributed by atoms with Crippen LogP contribution in [0.15, 0.2) is 24.4 Å². The third-order valence-electron chi connectivity index (χ3n) is 0.945. The van der Waals surface area contributed by atoms with Gasteiger partial charge in [0.2, 0.25) is 0 Å². The van der Waals surface area contributed by atoms with Crippen molar-refractivity contribution in [3.63, 3.8) is 0 Å². The smallest absolute Gasteiger partial charge is 0.383 e. The highest BCUT2D eigenvalue weighted by Gasteiger charge is 2.31. The topological polar surface area (TPSA) is 3.24 Å². The summed E-state index contributed by atoms with van der Waals surface area (Å²) in [6, 6.07) is 0. The van der Waals surface area contributed by atoms with Crippen molar-refractivity contribution < 1.29 is 13.2 Å². The van der Waals surface area contributed by atoms with Crippen LogP contribution >= 0.6 is 0 Å². The van der Waals surface area contributed by atoms with Crippen LogP contribution in [0.25, 0.3) is 0 Å². The maximum Gasteiger partial charge on any atom is 0.417 e. The van der Waals surface area contributed by atoms with Gasteiger partial charge in [-0.2, -0.15) is 13.2 Å². The van der Waals surface area contributed by atoms with E-state index in [1.165, 1.54) is 19.0 Å². The van der Waals surface area contributed by atoms with Crippen LogP contribution in [-0.4, -0.2) is 25.2 Å². The lowest BCUT2D eigenvalue weighted by atomic mass is 10.3. The molecule has 0 heterocycles. The third-order valence-corrected chi connectivity index (χ3v) is 0.945. The maximum atomic E-state index is 11.9. The van der Waals surface area contributed by atoms with Gasteiger partial charge < -0.3 is 4.90 Å². The standard InChI is InChI=1S/C7H10F3N/c1-4-6(5-11(2)3)7(8,9)10/h4-5H,1H2,2-3H3/b6-5-. The molecule has 0 N–H and O–H groups in total. The Morgan fingerprint density at radius 3 is 1.91 bits per heavy atom. The average molecular weight is 165 g/mol. The molecule has 64 valence electrons. The van der Waals surface area contributed by atoms with E-state index in [4.69, 9.17) is 0 Å². The lowest BCUT2D eigenvalue weighted by molar-refractivity contribution is -0.0890. The van der Waals surface area contributed by atoms with Gasteiger partial charge in [-0.05, 0) is 0 Å². The van der Waals surface area contributed by atoms with Gasteiger partial charge in [0, 0.05) is 20.3 Å². The predicted octanol–water partition coefficient (Wildman–Crippen LogP) is 2.18. The number of hydrogen-bond donors (Lipinski definition) is 0. The second-order valence-corrected chi connectivity index (χ2v) is 2.25. The van der Waals surface area contributed by atoms with Gasteiger partial charge in [0.25, 0.3) is 0 Å². The van der Waals surface area contributed by atoms with Crippen molar-refractivity contribution in [1.29, 1.82) is 0 Å². The second kappa shape index (κ2) is 3.46. The van der Waals surface area contributed by atoms with Crippen LogP contribution in [-0.2, 0) is 0 Å². The zero-order valence-corrected chi connectivity index (χ0v) is 6.44. The van der Waals surface area contributed by atoms with E-state index in [9.17, 15) is 13.2 Å². The number of hydrogen-bond acceptors (Lipinski definition) is 1. The molecule has 0 amide bonds. The minimum Gasteiger partial charge on any atom is -0.383 e. The van der Waals surface area contributed by atoms with E-state index < -0.39 is 11.7 Å². The van der Waals surface area contributed by atoms with Crippen molar-refractivity contribution >= 4 is 0 Å². The Morgan fingerprint density at radius 2 is 1.82 bits per heavy atom. The summed E-state index contributed by atoms with van der Waals surface area (Å²) in [5.41, 5.74) is -0.734. The Kier molecular flexibility index (Phi) is 3.17. The largest absolute Gasteiger partial charge is 0.417 e. The number of rotatable bonds is 2. The highest BCUT2D eigenvalue weighted by atomic mass is 19.4. The minimum absolute atomic E-state index is 0.734. The summed E-state index contributed by atoms with van der Waals surface area (Å²) in [7, 11) is 3.05. The molecule has 1 nitrogen and oxygen atoms in total. The highest BCUT2D eigenvalue weighted by molar-refractivity contribution is 5.20. The summed E-state index contributed by atoms with van der Waals surface area (Å²) in [5.74, 6) is 0. The predicted molar refractivity (Wildman–Crippen MR) is 38.0 cm³/mol. The van der Waals surface area contributed by atoms with Gasteiger partial charge in [-0.3, -0.25) is 0 Å². The van der Waals surface area contributed by atoms with E-state index >= 15 is 0 Å².